The van der Waals surface area contributed by atoms with Gasteiger partial charge in [0.05, 0.1) is 10.6 Å². The van der Waals surface area contributed by atoms with E-state index in [1.807, 2.05) is 66.8 Å². The van der Waals surface area contributed by atoms with Crippen LogP contribution < -0.4 is 4.74 Å². The van der Waals surface area contributed by atoms with Gasteiger partial charge in [-0.2, -0.15) is 0 Å². The third kappa shape index (κ3) is 4.90. The van der Waals surface area contributed by atoms with E-state index in [4.69, 9.17) is 16.3 Å². The van der Waals surface area contributed by atoms with Crippen LogP contribution in [-0.4, -0.2) is 36.0 Å². The standard InChI is InChI=1S/C20H22ClNO2S2/c1-14(15-3-7-17(21)8-4-15)22(2)19(23)13-24-18-9-5-16(6-10-18)20-25-11-12-26-20/h3-10,14,20H,11-13H2,1-2H3. The van der Waals surface area contributed by atoms with Crippen LogP contribution in [0.15, 0.2) is 48.5 Å². The van der Waals surface area contributed by atoms with Crippen LogP contribution in [0.4, 0.5) is 0 Å². The summed E-state index contributed by atoms with van der Waals surface area (Å²) in [5.74, 6) is 3.08. The van der Waals surface area contributed by atoms with Crippen molar-refractivity contribution in [2.75, 3.05) is 25.2 Å². The van der Waals surface area contributed by atoms with Gasteiger partial charge in [-0.15, -0.1) is 23.5 Å². The van der Waals surface area contributed by atoms with E-state index in [0.29, 0.717) is 9.60 Å². The summed E-state index contributed by atoms with van der Waals surface area (Å²) in [4.78, 5) is 14.1. The highest BCUT2D eigenvalue weighted by Crippen LogP contribution is 2.45. The smallest absolute Gasteiger partial charge is 0.260 e. The highest BCUT2D eigenvalue weighted by molar-refractivity contribution is 8.19. The van der Waals surface area contributed by atoms with Gasteiger partial charge in [-0.3, -0.25) is 4.79 Å². The summed E-state index contributed by atoms with van der Waals surface area (Å²) in [7, 11) is 1.79. The second-order valence-electron chi connectivity index (χ2n) is 6.16. The molecular weight excluding hydrogens is 386 g/mol. The minimum atomic E-state index is -0.0570. The Bertz CT molecular complexity index is 730. The van der Waals surface area contributed by atoms with Crippen molar-refractivity contribution in [2.45, 2.75) is 17.5 Å². The second-order valence-corrected chi connectivity index (χ2v) is 9.32. The first kappa shape index (κ1) is 19.5. The Balaban J connectivity index is 1.53. The maximum absolute atomic E-state index is 12.4. The number of benzene rings is 2. The van der Waals surface area contributed by atoms with Crippen molar-refractivity contribution in [3.05, 3.63) is 64.7 Å². The van der Waals surface area contributed by atoms with Crippen molar-refractivity contribution >= 4 is 41.0 Å². The summed E-state index contributed by atoms with van der Waals surface area (Å²) in [5, 5.41) is 0.691. The van der Waals surface area contributed by atoms with Crippen molar-refractivity contribution < 1.29 is 9.53 Å². The number of likely N-dealkylation sites (N-methyl/N-ethyl adjacent to an activating group) is 1. The lowest BCUT2D eigenvalue weighted by Crippen LogP contribution is -2.33. The molecule has 2 aromatic carbocycles. The summed E-state index contributed by atoms with van der Waals surface area (Å²) in [6.45, 7) is 2.02. The molecule has 0 aliphatic carbocycles. The van der Waals surface area contributed by atoms with Gasteiger partial charge in [0.25, 0.3) is 5.91 Å². The summed E-state index contributed by atoms with van der Waals surface area (Å²) < 4.78 is 6.21. The van der Waals surface area contributed by atoms with Gasteiger partial charge in [0, 0.05) is 23.6 Å². The number of thioether (sulfide) groups is 2. The molecule has 1 atom stereocenters. The van der Waals surface area contributed by atoms with E-state index in [-0.39, 0.29) is 18.6 Å². The predicted molar refractivity (Wildman–Crippen MR) is 112 cm³/mol. The zero-order valence-corrected chi connectivity index (χ0v) is 17.2. The largest absolute Gasteiger partial charge is 0.484 e. The highest BCUT2D eigenvalue weighted by Gasteiger charge is 2.19. The monoisotopic (exact) mass is 407 g/mol. The van der Waals surface area contributed by atoms with Gasteiger partial charge in [-0.05, 0) is 42.3 Å². The minimum Gasteiger partial charge on any atom is -0.484 e. The summed E-state index contributed by atoms with van der Waals surface area (Å²) >= 11 is 9.88. The molecule has 0 saturated carbocycles. The maximum atomic E-state index is 12.4. The van der Waals surface area contributed by atoms with Crippen molar-refractivity contribution in [2.24, 2.45) is 0 Å². The molecule has 0 bridgehead atoms. The van der Waals surface area contributed by atoms with E-state index >= 15 is 0 Å². The molecule has 1 aliphatic rings. The van der Waals surface area contributed by atoms with Gasteiger partial charge in [0.15, 0.2) is 6.61 Å². The van der Waals surface area contributed by atoms with Crippen molar-refractivity contribution in [3.63, 3.8) is 0 Å². The molecule has 138 valence electrons. The quantitative estimate of drug-likeness (QED) is 0.639. The number of hydrogen-bond acceptors (Lipinski definition) is 4. The first-order valence-corrected chi connectivity index (χ1v) is 11.0. The number of carbonyl (C=O) groups is 1. The van der Waals surface area contributed by atoms with Crippen molar-refractivity contribution in [3.8, 4) is 5.75 Å². The highest BCUT2D eigenvalue weighted by atomic mass is 35.5. The van der Waals surface area contributed by atoms with Gasteiger partial charge in [-0.1, -0.05) is 35.9 Å². The number of halogens is 1. The molecule has 0 radical (unpaired) electrons. The fraction of sp³-hybridized carbons (Fsp3) is 0.350. The van der Waals surface area contributed by atoms with E-state index in [0.717, 1.165) is 11.3 Å². The Hall–Kier alpha value is -1.30. The number of carbonyl (C=O) groups excluding carboxylic acids is 1. The molecule has 6 heteroatoms. The summed E-state index contributed by atoms with van der Waals surface area (Å²) in [6.07, 6.45) is 0. The van der Waals surface area contributed by atoms with E-state index < -0.39 is 0 Å². The zero-order valence-electron chi connectivity index (χ0n) is 14.9. The third-order valence-corrected chi connectivity index (χ3v) is 7.82. The second kappa shape index (κ2) is 9.07. The molecule has 0 aromatic heterocycles. The topological polar surface area (TPSA) is 29.5 Å². The Labute approximate surface area is 168 Å². The predicted octanol–water partition coefficient (Wildman–Crippen LogP) is 5.42. The molecule has 1 amide bonds. The lowest BCUT2D eigenvalue weighted by Gasteiger charge is -2.25. The molecule has 3 nitrogen and oxygen atoms in total. The fourth-order valence-corrected chi connectivity index (χ4v) is 5.69. The van der Waals surface area contributed by atoms with Crippen LogP contribution in [0.1, 0.15) is 28.7 Å². The van der Waals surface area contributed by atoms with Crippen LogP contribution in [0, 0.1) is 0 Å². The average Bonchev–Trinajstić information content (AvgIpc) is 3.20. The van der Waals surface area contributed by atoms with E-state index in [1.54, 1.807) is 11.9 Å². The molecule has 3 rings (SSSR count). The van der Waals surface area contributed by atoms with Crippen LogP contribution in [0.3, 0.4) is 0 Å². The summed E-state index contributed by atoms with van der Waals surface area (Å²) in [6, 6.07) is 15.6. The molecule has 0 spiro atoms. The van der Waals surface area contributed by atoms with Gasteiger partial charge in [0.2, 0.25) is 0 Å². The van der Waals surface area contributed by atoms with Crippen LogP contribution in [0.5, 0.6) is 5.75 Å². The van der Waals surface area contributed by atoms with Gasteiger partial charge in [0.1, 0.15) is 5.75 Å². The first-order chi connectivity index (χ1) is 12.5. The lowest BCUT2D eigenvalue weighted by atomic mass is 10.1. The van der Waals surface area contributed by atoms with E-state index in [9.17, 15) is 4.79 Å². The normalized spacial score (nSPS) is 15.7. The average molecular weight is 408 g/mol. The minimum absolute atomic E-state index is 0.0285. The first-order valence-electron chi connectivity index (χ1n) is 8.51. The number of hydrogen-bond donors (Lipinski definition) is 0. The summed E-state index contributed by atoms with van der Waals surface area (Å²) in [5.41, 5.74) is 2.35. The van der Waals surface area contributed by atoms with Gasteiger partial charge >= 0.3 is 0 Å². The molecule has 1 unspecified atom stereocenters. The van der Waals surface area contributed by atoms with E-state index in [1.165, 1.54) is 17.1 Å². The molecule has 26 heavy (non-hydrogen) atoms. The molecule has 2 aromatic rings. The SMILES string of the molecule is CC(c1ccc(Cl)cc1)N(C)C(=O)COc1ccc(C2SCCS2)cc1. The van der Waals surface area contributed by atoms with Crippen molar-refractivity contribution in [1.29, 1.82) is 0 Å². The Morgan fingerprint density at radius 2 is 1.77 bits per heavy atom. The molecule has 1 saturated heterocycles. The lowest BCUT2D eigenvalue weighted by molar-refractivity contribution is -0.134. The molecule has 1 fully saturated rings. The fourth-order valence-electron chi connectivity index (χ4n) is 2.70. The zero-order chi connectivity index (χ0) is 18.5. The Morgan fingerprint density at radius 1 is 1.15 bits per heavy atom. The van der Waals surface area contributed by atoms with E-state index in [2.05, 4.69) is 12.1 Å². The molecular formula is C20H22ClNO2S2. The van der Waals surface area contributed by atoms with Crippen LogP contribution >= 0.6 is 35.1 Å². The third-order valence-electron chi connectivity index (χ3n) is 4.46. The van der Waals surface area contributed by atoms with Crippen LogP contribution in [0.2, 0.25) is 5.02 Å². The molecule has 1 heterocycles. The van der Waals surface area contributed by atoms with Gasteiger partial charge < -0.3 is 9.64 Å². The number of rotatable bonds is 6. The number of ether oxygens (including phenoxy) is 1. The Kier molecular flexibility index (Phi) is 6.79. The van der Waals surface area contributed by atoms with Crippen LogP contribution in [0.25, 0.3) is 0 Å². The van der Waals surface area contributed by atoms with Crippen LogP contribution in [-0.2, 0) is 4.79 Å². The van der Waals surface area contributed by atoms with Crippen molar-refractivity contribution in [1.82, 2.24) is 4.90 Å². The Morgan fingerprint density at radius 3 is 2.38 bits per heavy atom. The van der Waals surface area contributed by atoms with Gasteiger partial charge in [-0.25, -0.2) is 0 Å². The number of nitrogens with zero attached hydrogens (tertiary/aromatic N) is 1. The molecule has 0 N–H and O–H groups in total. The maximum Gasteiger partial charge on any atom is 0.260 e. The number of amides is 1. The molecule has 1 aliphatic heterocycles.